The molecule has 142 valence electrons. The fourth-order valence-corrected chi connectivity index (χ4v) is 4.25. The number of nitrogens with one attached hydrogen (secondary N) is 1. The average molecular weight is 371 g/mol. The minimum atomic E-state index is 0.299. The molecule has 1 N–H and O–H groups in total. The zero-order chi connectivity index (χ0) is 19.3. The highest BCUT2D eigenvalue weighted by Gasteiger charge is 2.29. The van der Waals surface area contributed by atoms with Crippen molar-refractivity contribution in [3.63, 3.8) is 0 Å². The van der Waals surface area contributed by atoms with Gasteiger partial charge in [-0.15, -0.1) is 0 Å². The lowest BCUT2D eigenvalue weighted by atomic mass is 9.92. The summed E-state index contributed by atoms with van der Waals surface area (Å²) in [5, 5.41) is 12.8. The summed E-state index contributed by atoms with van der Waals surface area (Å²) in [7, 11) is 0. The van der Waals surface area contributed by atoms with Gasteiger partial charge in [0.25, 0.3) is 0 Å². The summed E-state index contributed by atoms with van der Waals surface area (Å²) >= 11 is 0. The van der Waals surface area contributed by atoms with E-state index in [0.717, 1.165) is 38.1 Å². The van der Waals surface area contributed by atoms with Crippen molar-refractivity contribution in [3.05, 3.63) is 89.0 Å². The molecule has 4 rings (SSSR count). The summed E-state index contributed by atoms with van der Waals surface area (Å²) < 4.78 is 2.37. The predicted molar refractivity (Wildman–Crippen MR) is 111 cm³/mol. The molecule has 3 aromatic rings. The van der Waals surface area contributed by atoms with Gasteiger partial charge in [-0.05, 0) is 62.4 Å². The van der Waals surface area contributed by atoms with Crippen LogP contribution in [-0.2, 0) is 6.42 Å². The number of benzene rings is 2. The number of aryl methyl sites for hydroxylation is 2. The van der Waals surface area contributed by atoms with E-state index in [0.29, 0.717) is 17.6 Å². The Hall–Kier alpha value is -2.90. The van der Waals surface area contributed by atoms with E-state index in [9.17, 15) is 0 Å². The molecule has 4 nitrogen and oxygen atoms in total. The molecule has 0 amide bonds. The van der Waals surface area contributed by atoms with Gasteiger partial charge in [-0.3, -0.25) is 0 Å². The summed E-state index contributed by atoms with van der Waals surface area (Å²) in [6.07, 6.45) is 6.44. The van der Waals surface area contributed by atoms with E-state index in [1.807, 2.05) is 18.3 Å². The lowest BCUT2D eigenvalue weighted by Crippen LogP contribution is -2.31. The smallest absolute Gasteiger partial charge is 0.106 e. The number of fused-ring (bicyclic) bond motifs is 1. The summed E-state index contributed by atoms with van der Waals surface area (Å²) in [5.41, 5.74) is 4.64. The van der Waals surface area contributed by atoms with Crippen LogP contribution in [0.5, 0.6) is 0 Å². The van der Waals surface area contributed by atoms with Crippen molar-refractivity contribution in [2.75, 3.05) is 6.54 Å². The molecule has 0 saturated carbocycles. The molecule has 0 spiro atoms. The molecule has 4 heteroatoms. The maximum atomic E-state index is 9.04. The molecule has 1 unspecified atom stereocenters. The molecule has 1 aromatic heterocycles. The molecule has 2 heterocycles. The van der Waals surface area contributed by atoms with Crippen molar-refractivity contribution in [3.8, 4) is 6.07 Å². The number of nitrogens with zero attached hydrogens (tertiary/aromatic N) is 3. The highest BCUT2D eigenvalue weighted by molar-refractivity contribution is 5.34. The van der Waals surface area contributed by atoms with Crippen LogP contribution in [0, 0.1) is 18.3 Å². The van der Waals surface area contributed by atoms with Crippen molar-refractivity contribution in [1.29, 1.82) is 5.26 Å². The third-order valence-corrected chi connectivity index (χ3v) is 5.71. The zero-order valence-corrected chi connectivity index (χ0v) is 16.3. The van der Waals surface area contributed by atoms with Gasteiger partial charge < -0.3 is 9.88 Å². The monoisotopic (exact) mass is 370 g/mol. The first kappa shape index (κ1) is 18.5. The standard InChI is InChI=1S/C24H26N4/c1-18-27-17-24-22(26-15-5-8-19-6-3-2-4-7-19)13-14-23(28(18)24)21-11-9-20(16-25)10-12-21/h2-4,6-7,9-12,17,22-23,26H,5,8,13-15H2,1H3/t22-,23?/m0/s1. The van der Waals surface area contributed by atoms with Gasteiger partial charge in [0.05, 0.1) is 29.6 Å². The van der Waals surface area contributed by atoms with Gasteiger partial charge in [0, 0.05) is 6.04 Å². The van der Waals surface area contributed by atoms with Gasteiger partial charge in [-0.25, -0.2) is 4.98 Å². The highest BCUT2D eigenvalue weighted by Crippen LogP contribution is 2.37. The number of rotatable bonds is 6. The molecule has 0 radical (unpaired) electrons. The Balaban J connectivity index is 1.43. The second-order valence-electron chi connectivity index (χ2n) is 7.52. The Bertz CT molecular complexity index is 951. The van der Waals surface area contributed by atoms with Gasteiger partial charge in [-0.2, -0.15) is 5.26 Å². The predicted octanol–water partition coefficient (Wildman–Crippen LogP) is 4.71. The van der Waals surface area contributed by atoms with Crippen molar-refractivity contribution in [2.24, 2.45) is 0 Å². The van der Waals surface area contributed by atoms with Gasteiger partial charge in [0.15, 0.2) is 0 Å². The average Bonchev–Trinajstić information content (AvgIpc) is 3.14. The number of hydrogen-bond acceptors (Lipinski definition) is 3. The Morgan fingerprint density at radius 1 is 1.11 bits per heavy atom. The van der Waals surface area contributed by atoms with Crippen LogP contribution < -0.4 is 5.32 Å². The maximum Gasteiger partial charge on any atom is 0.106 e. The van der Waals surface area contributed by atoms with E-state index >= 15 is 0 Å². The van der Waals surface area contributed by atoms with E-state index in [4.69, 9.17) is 5.26 Å². The van der Waals surface area contributed by atoms with Crippen LogP contribution in [0.15, 0.2) is 60.8 Å². The van der Waals surface area contributed by atoms with Gasteiger partial charge in [-0.1, -0.05) is 42.5 Å². The second kappa shape index (κ2) is 8.41. The number of hydrogen-bond donors (Lipinski definition) is 1. The van der Waals surface area contributed by atoms with Crippen LogP contribution in [0.2, 0.25) is 0 Å². The normalized spacial score (nSPS) is 18.4. The van der Waals surface area contributed by atoms with Crippen LogP contribution in [0.1, 0.15) is 59.6 Å². The highest BCUT2D eigenvalue weighted by atomic mass is 15.1. The van der Waals surface area contributed by atoms with Crippen molar-refractivity contribution in [2.45, 2.75) is 44.7 Å². The Labute approximate surface area is 166 Å². The molecule has 0 bridgehead atoms. The van der Waals surface area contributed by atoms with E-state index < -0.39 is 0 Å². The van der Waals surface area contributed by atoms with Crippen LogP contribution in [0.4, 0.5) is 0 Å². The maximum absolute atomic E-state index is 9.04. The minimum Gasteiger partial charge on any atom is -0.323 e. The first-order valence-corrected chi connectivity index (χ1v) is 10.1. The van der Waals surface area contributed by atoms with Crippen LogP contribution in [-0.4, -0.2) is 16.1 Å². The van der Waals surface area contributed by atoms with E-state index in [2.05, 4.69) is 70.3 Å². The number of nitriles is 1. The second-order valence-corrected chi connectivity index (χ2v) is 7.52. The molecule has 28 heavy (non-hydrogen) atoms. The third-order valence-electron chi connectivity index (χ3n) is 5.71. The first-order chi connectivity index (χ1) is 13.8. The molecule has 2 aromatic carbocycles. The molecular formula is C24H26N4. The largest absolute Gasteiger partial charge is 0.323 e. The Morgan fingerprint density at radius 2 is 1.89 bits per heavy atom. The quantitative estimate of drug-likeness (QED) is 0.639. The zero-order valence-electron chi connectivity index (χ0n) is 16.3. The van der Waals surface area contributed by atoms with E-state index in [1.54, 1.807) is 0 Å². The molecular weight excluding hydrogens is 344 g/mol. The van der Waals surface area contributed by atoms with Crippen molar-refractivity contribution < 1.29 is 0 Å². The SMILES string of the molecule is Cc1ncc2n1C(c1ccc(C#N)cc1)CC[C@@H]2NCCCc1ccccc1. The molecule has 2 atom stereocenters. The fourth-order valence-electron chi connectivity index (χ4n) is 4.25. The summed E-state index contributed by atoms with van der Waals surface area (Å²) in [4.78, 5) is 4.60. The first-order valence-electron chi connectivity index (χ1n) is 10.1. The lowest BCUT2D eigenvalue weighted by Gasteiger charge is -2.33. The summed E-state index contributed by atoms with van der Waals surface area (Å²) in [6.45, 7) is 3.09. The van der Waals surface area contributed by atoms with Crippen molar-refractivity contribution in [1.82, 2.24) is 14.9 Å². The van der Waals surface area contributed by atoms with Gasteiger partial charge >= 0.3 is 0 Å². The van der Waals surface area contributed by atoms with Crippen molar-refractivity contribution >= 4 is 0 Å². The Morgan fingerprint density at radius 3 is 2.64 bits per heavy atom. The number of aromatic nitrogens is 2. The van der Waals surface area contributed by atoms with Crippen LogP contribution in [0.3, 0.4) is 0 Å². The van der Waals surface area contributed by atoms with E-state index in [-0.39, 0.29) is 0 Å². The van der Waals surface area contributed by atoms with E-state index in [1.165, 1.54) is 16.8 Å². The molecule has 0 fully saturated rings. The molecule has 0 saturated heterocycles. The minimum absolute atomic E-state index is 0.299. The molecule has 1 aliphatic rings. The fraction of sp³-hybridized carbons (Fsp3) is 0.333. The number of imidazole rings is 1. The third kappa shape index (κ3) is 3.85. The molecule has 0 aliphatic carbocycles. The summed E-state index contributed by atoms with van der Waals surface area (Å²) in [6, 6.07) is 21.5. The van der Waals surface area contributed by atoms with Gasteiger partial charge in [0.1, 0.15) is 5.82 Å². The van der Waals surface area contributed by atoms with Crippen LogP contribution in [0.25, 0.3) is 0 Å². The molecule has 1 aliphatic heterocycles. The van der Waals surface area contributed by atoms with Gasteiger partial charge in [0.2, 0.25) is 0 Å². The lowest BCUT2D eigenvalue weighted by molar-refractivity contribution is 0.355. The topological polar surface area (TPSA) is 53.6 Å². The summed E-state index contributed by atoms with van der Waals surface area (Å²) in [5.74, 6) is 1.06. The Kier molecular flexibility index (Phi) is 5.55. The van der Waals surface area contributed by atoms with Crippen LogP contribution >= 0.6 is 0 Å².